The molecule has 8 aromatic heterocycles. The van der Waals surface area contributed by atoms with E-state index in [9.17, 15) is 30.6 Å². The van der Waals surface area contributed by atoms with Crippen molar-refractivity contribution < 1.29 is 50.0 Å². The van der Waals surface area contributed by atoms with E-state index in [0.717, 1.165) is 150 Å². The van der Waals surface area contributed by atoms with E-state index in [1.807, 2.05) is 80.6 Å². The molecule has 23 heteroatoms. The van der Waals surface area contributed by atoms with Crippen LogP contribution in [0, 0.1) is 0 Å². The quantitative estimate of drug-likeness (QED) is 0.0296. The first-order chi connectivity index (χ1) is 53.5. The van der Waals surface area contributed by atoms with Crippen molar-refractivity contribution in [2.75, 3.05) is 87.4 Å². The Morgan fingerprint density at radius 3 is 0.964 bits per heavy atom. The molecule has 12 aromatic rings. The first-order valence-electron chi connectivity index (χ1n) is 38.7. The number of aliphatic hydroxyl groups is 7. The van der Waals surface area contributed by atoms with E-state index in [1.165, 1.54) is 61.3 Å². The zero-order valence-electron chi connectivity index (χ0n) is 65.3. The van der Waals surface area contributed by atoms with Crippen molar-refractivity contribution in [2.45, 2.75) is 148 Å². The molecule has 0 saturated carbocycles. The van der Waals surface area contributed by atoms with Gasteiger partial charge in [-0.05, 0) is 228 Å². The van der Waals surface area contributed by atoms with E-state index in [0.29, 0.717) is 39.2 Å². The van der Waals surface area contributed by atoms with Crippen molar-refractivity contribution in [1.29, 1.82) is 0 Å². The Balaban J connectivity index is 0.000000130. The molecular weight excluding hydrogens is 1400 g/mol. The molecule has 9 N–H and O–H groups in total. The molecule has 4 atom stereocenters. The van der Waals surface area contributed by atoms with Crippen molar-refractivity contribution in [3.63, 3.8) is 0 Å². The highest BCUT2D eigenvalue weighted by Crippen LogP contribution is 2.40. The Bertz CT molecular complexity index is 4910. The minimum Gasteiger partial charge on any atom is -0.492 e. The smallest absolute Gasteiger partial charge is 0.120 e. The van der Waals surface area contributed by atoms with E-state index < -0.39 is 30.0 Å². The average molecular weight is 1510 g/mol. The lowest BCUT2D eigenvalue weighted by molar-refractivity contribution is 0.0285. The maximum atomic E-state index is 10.8. The molecule has 111 heavy (non-hydrogen) atoms. The lowest BCUT2D eigenvalue weighted by Crippen LogP contribution is -2.38. The highest BCUT2D eigenvalue weighted by Gasteiger charge is 2.30. The van der Waals surface area contributed by atoms with Crippen molar-refractivity contribution in [3.05, 3.63) is 244 Å². The number of benzene rings is 4. The SMILES string of the molecule is CN1CCc2c(c3cc(CCO)ccc3n2CC(O)c2ccncc2)C1.CN1CCc2c(c3cc(OCC(C)(C)N)ccc3n2CC(O)c2ccncc2)C1.CN1CCc2c(c3cc(OCC(C)(C)O)ccc3n2CC(O)c2ccncc2)C1.CN1CCc2c(c3cc(OCCO)ccc3n2CC(O)c2ccncc2)C1. The second-order valence-corrected chi connectivity index (χ2v) is 31.6. The molecule has 0 aliphatic carbocycles. The maximum Gasteiger partial charge on any atom is 0.120 e. The highest BCUT2D eigenvalue weighted by molar-refractivity contribution is 5.90. The molecule has 0 bridgehead atoms. The van der Waals surface area contributed by atoms with Gasteiger partial charge >= 0.3 is 0 Å². The fourth-order valence-corrected chi connectivity index (χ4v) is 15.9. The molecule has 4 aromatic carbocycles. The number of pyridine rings is 4. The topological polar surface area (TPSA) is 280 Å². The monoisotopic (exact) mass is 1510 g/mol. The predicted octanol–water partition coefficient (Wildman–Crippen LogP) is 10.2. The standard InChI is InChI=1S/C23H30N4O2.C23H29N3O3.C21H25N3O3.C21H25N3O2/c1-23(2,24)15-29-17-4-5-20-18(12-17)19-13-26(3)11-8-21(19)27(20)14-22(28)16-6-9-25-10-7-16;1-23(2,28)15-29-17-4-5-20-18(12-17)19-13-25(3)11-8-21(19)26(20)14-22(27)16-6-9-24-10-7-16;1-23-9-6-20-18(13-23)17-12-16(27-11-10-25)2-3-19(17)24(20)14-21(26)15-4-7-22-8-5-15;1-23-10-6-20-18(13-23)17-12-15(7-11-25)2-3-19(17)24(20)14-21(26)16-4-8-22-9-5-16/h4-7,9-10,12,22,28H,8,11,13-15,24H2,1-3H3;4-7,9-10,12,22,27-28H,8,11,13-15H2,1-3H3;2-5,7-8,12,21,25-26H,6,9-11,13-14H2,1H3;2-5,8-9,12,21,25-26H,6-7,10-11,13-14H2,1H3. The number of rotatable bonds is 23. The summed E-state index contributed by atoms with van der Waals surface area (Å²) in [6.07, 6.45) is 15.9. The summed E-state index contributed by atoms with van der Waals surface area (Å²) in [5.41, 5.74) is 24.5. The Labute approximate surface area is 650 Å². The van der Waals surface area contributed by atoms with Crippen molar-refractivity contribution in [3.8, 4) is 17.2 Å². The third-order valence-corrected chi connectivity index (χ3v) is 21.5. The van der Waals surface area contributed by atoms with Gasteiger partial charge in [0.2, 0.25) is 0 Å². The Hall–Kier alpha value is -9.44. The molecule has 4 aliphatic rings. The molecule has 0 saturated heterocycles. The molecule has 4 unspecified atom stereocenters. The molecule has 0 radical (unpaired) electrons. The Kier molecular flexibility index (Phi) is 25.5. The molecular formula is C88H109N13O10. The van der Waals surface area contributed by atoms with Crippen LogP contribution in [0.2, 0.25) is 0 Å². The molecule has 4 aliphatic heterocycles. The number of nitrogens with two attached hydrogens (primary N) is 1. The lowest BCUT2D eigenvalue weighted by atomic mass is 10.0. The normalized spacial score (nSPS) is 15.9. The van der Waals surface area contributed by atoms with Gasteiger partial charge in [0.15, 0.2) is 0 Å². The van der Waals surface area contributed by atoms with E-state index in [4.69, 9.17) is 25.1 Å². The summed E-state index contributed by atoms with van der Waals surface area (Å²) in [4.78, 5) is 25.5. The van der Waals surface area contributed by atoms with Gasteiger partial charge in [0.05, 0.1) is 62.8 Å². The lowest BCUT2D eigenvalue weighted by Gasteiger charge is -2.25. The van der Waals surface area contributed by atoms with E-state index in [1.54, 1.807) is 63.4 Å². The van der Waals surface area contributed by atoms with Gasteiger partial charge < -0.3 is 93.6 Å². The number of fused-ring (bicyclic) bond motifs is 12. The van der Waals surface area contributed by atoms with Crippen LogP contribution in [0.1, 0.15) is 125 Å². The van der Waals surface area contributed by atoms with Gasteiger partial charge in [-0.15, -0.1) is 0 Å². The Morgan fingerprint density at radius 1 is 0.387 bits per heavy atom. The van der Waals surface area contributed by atoms with Crippen LogP contribution in [0.5, 0.6) is 17.2 Å². The van der Waals surface area contributed by atoms with Gasteiger partial charge in [0, 0.05) is 206 Å². The number of likely N-dealkylation sites (N-methyl/N-ethyl adjacent to an activating group) is 4. The summed E-state index contributed by atoms with van der Waals surface area (Å²) in [7, 11) is 8.56. The molecule has 0 amide bonds. The fourth-order valence-electron chi connectivity index (χ4n) is 15.9. The van der Waals surface area contributed by atoms with Crippen LogP contribution in [0.3, 0.4) is 0 Å². The number of aromatic nitrogens is 8. The highest BCUT2D eigenvalue weighted by atomic mass is 16.5. The second kappa shape index (κ2) is 35.5. The summed E-state index contributed by atoms with van der Waals surface area (Å²) in [6.45, 7) is 18.2. The molecule has 16 rings (SSSR count). The van der Waals surface area contributed by atoms with E-state index in [-0.39, 0.29) is 32.0 Å². The zero-order valence-corrected chi connectivity index (χ0v) is 65.3. The van der Waals surface area contributed by atoms with Crippen LogP contribution in [-0.4, -0.2) is 192 Å². The predicted molar refractivity (Wildman–Crippen MR) is 434 cm³/mol. The molecule has 23 nitrogen and oxygen atoms in total. The molecule has 586 valence electrons. The van der Waals surface area contributed by atoms with Crippen LogP contribution < -0.4 is 19.9 Å². The first-order valence-corrected chi connectivity index (χ1v) is 38.7. The van der Waals surface area contributed by atoms with Gasteiger partial charge in [-0.2, -0.15) is 0 Å². The van der Waals surface area contributed by atoms with Gasteiger partial charge in [-0.1, -0.05) is 6.07 Å². The number of ether oxygens (including phenoxy) is 3. The molecule has 0 fully saturated rings. The van der Waals surface area contributed by atoms with Crippen LogP contribution in [0.15, 0.2) is 171 Å². The first kappa shape index (κ1) is 79.6. The maximum absolute atomic E-state index is 10.8. The summed E-state index contributed by atoms with van der Waals surface area (Å²) >= 11 is 0. The summed E-state index contributed by atoms with van der Waals surface area (Å²) in [6, 6.07) is 39.7. The van der Waals surface area contributed by atoms with Crippen LogP contribution in [0.4, 0.5) is 0 Å². The third kappa shape index (κ3) is 19.2. The second-order valence-electron chi connectivity index (χ2n) is 31.6. The van der Waals surface area contributed by atoms with E-state index in [2.05, 4.69) is 141 Å². The number of nitrogens with zero attached hydrogens (tertiary/aromatic N) is 12. The van der Waals surface area contributed by atoms with Gasteiger partial charge in [-0.25, -0.2) is 0 Å². The summed E-state index contributed by atoms with van der Waals surface area (Å²) in [5.74, 6) is 2.35. The van der Waals surface area contributed by atoms with Crippen LogP contribution in [-0.2, 0) is 84.5 Å². The molecule has 0 spiro atoms. The van der Waals surface area contributed by atoms with Crippen molar-refractivity contribution >= 4 is 43.6 Å². The van der Waals surface area contributed by atoms with Gasteiger partial charge in [0.1, 0.15) is 37.1 Å². The molecule has 12 heterocycles. The largest absolute Gasteiger partial charge is 0.492 e. The fraction of sp³-hybridized carbons (Fsp3) is 0.409. The van der Waals surface area contributed by atoms with Gasteiger partial charge in [0.25, 0.3) is 0 Å². The number of hydrogen-bond donors (Lipinski definition) is 8. The minimum atomic E-state index is -0.880. The van der Waals surface area contributed by atoms with E-state index >= 15 is 0 Å². The third-order valence-electron chi connectivity index (χ3n) is 21.5. The number of hydrogen-bond acceptors (Lipinski definition) is 19. The van der Waals surface area contributed by atoms with Crippen LogP contribution in [0.25, 0.3) is 43.6 Å². The van der Waals surface area contributed by atoms with Crippen molar-refractivity contribution in [1.82, 2.24) is 57.8 Å². The number of aliphatic hydroxyl groups excluding tert-OH is 6. The summed E-state index contributed by atoms with van der Waals surface area (Å²) < 4.78 is 26.5. The van der Waals surface area contributed by atoms with Gasteiger partial charge in [-0.3, -0.25) is 19.9 Å². The van der Waals surface area contributed by atoms with Crippen LogP contribution >= 0.6 is 0 Å². The summed E-state index contributed by atoms with van der Waals surface area (Å²) in [5, 5.41) is 76.2. The Morgan fingerprint density at radius 2 is 0.676 bits per heavy atom. The average Bonchev–Trinajstić information content (AvgIpc) is 1.63. The zero-order chi connectivity index (χ0) is 78.1. The van der Waals surface area contributed by atoms with Crippen molar-refractivity contribution in [2.24, 2.45) is 5.73 Å². The minimum absolute atomic E-state index is 0.00197.